The SMILES string of the molecule is CCc1cnc(C(C)NC(=O)c2ccnc(F)c2F)s1. The summed E-state index contributed by atoms with van der Waals surface area (Å²) in [6.07, 6.45) is 3.66. The molecule has 4 nitrogen and oxygen atoms in total. The van der Waals surface area contributed by atoms with Crippen LogP contribution in [0.15, 0.2) is 18.5 Å². The maximum Gasteiger partial charge on any atom is 0.255 e. The molecule has 1 amide bonds. The van der Waals surface area contributed by atoms with Crippen molar-refractivity contribution < 1.29 is 13.6 Å². The Bertz CT molecular complexity index is 630. The lowest BCUT2D eigenvalue weighted by molar-refractivity contribution is 0.0934. The van der Waals surface area contributed by atoms with E-state index in [2.05, 4.69) is 15.3 Å². The van der Waals surface area contributed by atoms with Gasteiger partial charge >= 0.3 is 0 Å². The second kappa shape index (κ2) is 6.04. The van der Waals surface area contributed by atoms with Gasteiger partial charge in [0.1, 0.15) is 5.01 Å². The summed E-state index contributed by atoms with van der Waals surface area (Å²) in [4.78, 5) is 20.3. The van der Waals surface area contributed by atoms with E-state index in [1.54, 1.807) is 13.1 Å². The lowest BCUT2D eigenvalue weighted by Gasteiger charge is -2.11. The number of nitrogens with zero attached hydrogens (tertiary/aromatic N) is 2. The number of hydrogen-bond donors (Lipinski definition) is 1. The van der Waals surface area contributed by atoms with Crippen molar-refractivity contribution in [1.82, 2.24) is 15.3 Å². The number of rotatable bonds is 4. The average molecular weight is 297 g/mol. The van der Waals surface area contributed by atoms with Crippen LogP contribution in [-0.4, -0.2) is 15.9 Å². The zero-order valence-corrected chi connectivity index (χ0v) is 11.8. The van der Waals surface area contributed by atoms with Gasteiger partial charge < -0.3 is 5.32 Å². The molecule has 0 saturated carbocycles. The van der Waals surface area contributed by atoms with Gasteiger partial charge in [-0.15, -0.1) is 11.3 Å². The van der Waals surface area contributed by atoms with E-state index in [0.717, 1.165) is 28.6 Å². The first kappa shape index (κ1) is 14.5. The minimum atomic E-state index is -1.28. The van der Waals surface area contributed by atoms with Crippen LogP contribution in [-0.2, 0) is 6.42 Å². The molecule has 2 heterocycles. The van der Waals surface area contributed by atoms with Gasteiger partial charge in [-0.3, -0.25) is 4.79 Å². The topological polar surface area (TPSA) is 54.9 Å². The molecule has 2 aromatic rings. The van der Waals surface area contributed by atoms with Crippen molar-refractivity contribution in [2.45, 2.75) is 26.3 Å². The first-order chi connectivity index (χ1) is 9.52. The molecular weight excluding hydrogens is 284 g/mol. The summed E-state index contributed by atoms with van der Waals surface area (Å²) in [7, 11) is 0. The van der Waals surface area contributed by atoms with Crippen LogP contribution in [0.1, 0.15) is 40.1 Å². The van der Waals surface area contributed by atoms with E-state index in [9.17, 15) is 13.6 Å². The molecule has 0 radical (unpaired) electrons. The van der Waals surface area contributed by atoms with Gasteiger partial charge in [0.15, 0.2) is 5.82 Å². The van der Waals surface area contributed by atoms with Crippen molar-refractivity contribution in [3.63, 3.8) is 0 Å². The first-order valence-corrected chi connectivity index (χ1v) is 6.90. The lowest BCUT2D eigenvalue weighted by Crippen LogP contribution is -2.27. The minimum absolute atomic E-state index is 0.364. The highest BCUT2D eigenvalue weighted by molar-refractivity contribution is 7.11. The van der Waals surface area contributed by atoms with Crippen LogP contribution in [0.4, 0.5) is 8.78 Å². The summed E-state index contributed by atoms with van der Waals surface area (Å²) in [5.41, 5.74) is -0.364. The molecule has 1 unspecified atom stereocenters. The summed E-state index contributed by atoms with van der Waals surface area (Å²) in [6, 6.07) is 0.767. The monoisotopic (exact) mass is 297 g/mol. The van der Waals surface area contributed by atoms with Crippen LogP contribution < -0.4 is 5.32 Å². The van der Waals surface area contributed by atoms with Crippen LogP contribution in [0.3, 0.4) is 0 Å². The van der Waals surface area contributed by atoms with Crippen LogP contribution in [0.25, 0.3) is 0 Å². The quantitative estimate of drug-likeness (QED) is 0.883. The van der Waals surface area contributed by atoms with Gasteiger partial charge in [0.25, 0.3) is 5.91 Å². The number of carbonyl (C=O) groups is 1. The number of pyridine rings is 1. The molecule has 106 valence electrons. The third kappa shape index (κ3) is 2.98. The van der Waals surface area contributed by atoms with Gasteiger partial charge in [-0.1, -0.05) is 6.92 Å². The van der Waals surface area contributed by atoms with Gasteiger partial charge in [-0.2, -0.15) is 4.39 Å². The van der Waals surface area contributed by atoms with Crippen molar-refractivity contribution in [3.8, 4) is 0 Å². The fourth-order valence-corrected chi connectivity index (χ4v) is 2.48. The van der Waals surface area contributed by atoms with Crippen molar-refractivity contribution in [2.75, 3.05) is 0 Å². The fourth-order valence-electron chi connectivity index (χ4n) is 1.62. The smallest absolute Gasteiger partial charge is 0.255 e. The number of carbonyl (C=O) groups excluding carboxylic acids is 1. The molecule has 0 aliphatic rings. The van der Waals surface area contributed by atoms with Crippen LogP contribution in [0.5, 0.6) is 0 Å². The molecule has 0 aromatic carbocycles. The Hall–Kier alpha value is -1.89. The van der Waals surface area contributed by atoms with Gasteiger partial charge in [0, 0.05) is 17.3 Å². The molecule has 1 N–H and O–H groups in total. The summed E-state index contributed by atoms with van der Waals surface area (Å²) in [5, 5.41) is 3.32. The Morgan fingerprint density at radius 2 is 2.20 bits per heavy atom. The Morgan fingerprint density at radius 1 is 1.45 bits per heavy atom. The number of aryl methyl sites for hydroxylation is 1. The molecule has 2 rings (SSSR count). The number of aromatic nitrogens is 2. The number of thiazole rings is 1. The van der Waals surface area contributed by atoms with Crippen LogP contribution in [0, 0.1) is 11.8 Å². The molecule has 0 spiro atoms. The van der Waals surface area contributed by atoms with Crippen LogP contribution >= 0.6 is 11.3 Å². The normalized spacial score (nSPS) is 12.2. The predicted molar refractivity (Wildman–Crippen MR) is 71.5 cm³/mol. The van der Waals surface area contributed by atoms with E-state index in [4.69, 9.17) is 0 Å². The van der Waals surface area contributed by atoms with Crippen molar-refractivity contribution >= 4 is 17.2 Å². The molecular formula is C13H13F2N3OS. The molecule has 0 aliphatic carbocycles. The summed E-state index contributed by atoms with van der Waals surface area (Å²) in [6.45, 7) is 3.75. The maximum absolute atomic E-state index is 13.5. The Morgan fingerprint density at radius 3 is 2.85 bits per heavy atom. The largest absolute Gasteiger partial charge is 0.343 e. The molecule has 1 atom stereocenters. The van der Waals surface area contributed by atoms with E-state index in [0.29, 0.717) is 0 Å². The molecule has 0 fully saturated rings. The van der Waals surface area contributed by atoms with Crippen molar-refractivity contribution in [2.24, 2.45) is 0 Å². The highest BCUT2D eigenvalue weighted by atomic mass is 32.1. The van der Waals surface area contributed by atoms with E-state index in [1.165, 1.54) is 11.3 Å². The molecule has 20 heavy (non-hydrogen) atoms. The average Bonchev–Trinajstić information content (AvgIpc) is 2.90. The van der Waals surface area contributed by atoms with Gasteiger partial charge in [-0.25, -0.2) is 14.4 Å². The summed E-state index contributed by atoms with van der Waals surface area (Å²) in [5.74, 6) is -3.22. The maximum atomic E-state index is 13.5. The third-order valence-corrected chi connectivity index (χ3v) is 4.05. The van der Waals surface area contributed by atoms with E-state index in [-0.39, 0.29) is 11.6 Å². The van der Waals surface area contributed by atoms with Crippen molar-refractivity contribution in [1.29, 1.82) is 0 Å². The van der Waals surface area contributed by atoms with Gasteiger partial charge in [0.05, 0.1) is 11.6 Å². The standard InChI is InChI=1S/C13H13F2N3OS/c1-3-8-6-17-13(20-8)7(2)18-12(19)9-4-5-16-11(15)10(9)14/h4-7H,3H2,1-2H3,(H,18,19). The minimum Gasteiger partial charge on any atom is -0.343 e. The molecule has 0 bridgehead atoms. The fraction of sp³-hybridized carbons (Fsp3) is 0.308. The van der Waals surface area contributed by atoms with Gasteiger partial charge in [-0.05, 0) is 19.4 Å². The molecule has 0 saturated heterocycles. The Balaban J connectivity index is 2.13. The summed E-state index contributed by atoms with van der Waals surface area (Å²) < 4.78 is 26.4. The van der Waals surface area contributed by atoms with Gasteiger partial charge in [0.2, 0.25) is 5.95 Å². The first-order valence-electron chi connectivity index (χ1n) is 6.08. The highest BCUT2D eigenvalue weighted by Crippen LogP contribution is 2.21. The Kier molecular flexibility index (Phi) is 4.39. The number of nitrogens with one attached hydrogen (secondary N) is 1. The Labute approximate surface area is 118 Å². The number of amides is 1. The molecule has 7 heteroatoms. The highest BCUT2D eigenvalue weighted by Gasteiger charge is 2.19. The third-order valence-electron chi connectivity index (χ3n) is 2.73. The van der Waals surface area contributed by atoms with E-state index < -0.39 is 17.7 Å². The number of hydrogen-bond acceptors (Lipinski definition) is 4. The summed E-state index contributed by atoms with van der Waals surface area (Å²) >= 11 is 1.48. The van der Waals surface area contributed by atoms with Crippen molar-refractivity contribution in [3.05, 3.63) is 45.7 Å². The molecule has 2 aromatic heterocycles. The lowest BCUT2D eigenvalue weighted by atomic mass is 10.2. The van der Waals surface area contributed by atoms with E-state index >= 15 is 0 Å². The zero-order chi connectivity index (χ0) is 14.7. The molecule has 0 aliphatic heterocycles. The second-order valence-corrected chi connectivity index (χ2v) is 5.32. The van der Waals surface area contributed by atoms with E-state index in [1.807, 2.05) is 6.92 Å². The second-order valence-electron chi connectivity index (χ2n) is 4.18. The van der Waals surface area contributed by atoms with Crippen LogP contribution in [0.2, 0.25) is 0 Å². The predicted octanol–water partition coefficient (Wildman–Crippen LogP) is 2.87. The number of halogens is 2. The zero-order valence-electron chi connectivity index (χ0n) is 11.0.